The molecule has 1 fully saturated rings. The van der Waals surface area contributed by atoms with E-state index in [9.17, 15) is 14.4 Å². The van der Waals surface area contributed by atoms with Crippen molar-refractivity contribution >= 4 is 46.0 Å². The molecule has 4 rings (SSSR count). The smallest absolute Gasteiger partial charge is 0.262 e. The van der Waals surface area contributed by atoms with Crippen LogP contribution in [0.1, 0.15) is 35.2 Å². The lowest BCUT2D eigenvalue weighted by Gasteiger charge is -2.16. The number of amides is 3. The summed E-state index contributed by atoms with van der Waals surface area (Å²) in [5.41, 5.74) is 2.91. The maximum absolute atomic E-state index is 12.4. The van der Waals surface area contributed by atoms with Gasteiger partial charge in [-0.1, -0.05) is 29.5 Å². The first-order valence-corrected chi connectivity index (χ1v) is 11.2. The average molecular weight is 437 g/mol. The third kappa shape index (κ3) is 5.32. The van der Waals surface area contributed by atoms with Gasteiger partial charge in [0.15, 0.2) is 5.17 Å². The Hall–Kier alpha value is -3.13. The molecule has 2 aliphatic rings. The normalized spacial score (nSPS) is 18.1. The van der Waals surface area contributed by atoms with E-state index in [1.54, 1.807) is 24.3 Å². The number of rotatable bonds is 5. The van der Waals surface area contributed by atoms with Gasteiger partial charge in [-0.05, 0) is 56.2 Å². The minimum atomic E-state index is -0.477. The molecule has 2 aromatic rings. The summed E-state index contributed by atoms with van der Waals surface area (Å²) in [5.74, 6) is -0.716. The number of aryl methyl sites for hydroxylation is 1. The number of amidine groups is 1. The van der Waals surface area contributed by atoms with E-state index in [4.69, 9.17) is 0 Å². The lowest BCUT2D eigenvalue weighted by molar-refractivity contribution is -0.121. The highest BCUT2D eigenvalue weighted by Gasteiger charge is 2.33. The Morgan fingerprint density at radius 2 is 1.61 bits per heavy atom. The van der Waals surface area contributed by atoms with Crippen LogP contribution < -0.4 is 10.6 Å². The van der Waals surface area contributed by atoms with Crippen LogP contribution in [0, 0.1) is 6.92 Å². The molecule has 8 heteroatoms. The summed E-state index contributed by atoms with van der Waals surface area (Å²) in [6.45, 7) is 3.82. The number of aliphatic imine (C=N–C) groups is 1. The van der Waals surface area contributed by atoms with Crippen LogP contribution in [-0.2, 0) is 9.59 Å². The van der Waals surface area contributed by atoms with Crippen LogP contribution in [0.4, 0.5) is 11.4 Å². The van der Waals surface area contributed by atoms with Crippen molar-refractivity contribution in [3.8, 4) is 0 Å². The van der Waals surface area contributed by atoms with E-state index in [-0.39, 0.29) is 24.1 Å². The van der Waals surface area contributed by atoms with Crippen molar-refractivity contribution in [2.24, 2.45) is 4.99 Å². The van der Waals surface area contributed by atoms with Crippen LogP contribution in [0.2, 0.25) is 0 Å². The van der Waals surface area contributed by atoms with Crippen molar-refractivity contribution in [1.29, 1.82) is 0 Å². The number of likely N-dealkylation sites (tertiary alicyclic amines) is 1. The zero-order valence-corrected chi connectivity index (χ0v) is 18.1. The minimum absolute atomic E-state index is 0.0694. The second kappa shape index (κ2) is 9.34. The maximum Gasteiger partial charge on any atom is 0.262 e. The van der Waals surface area contributed by atoms with Gasteiger partial charge < -0.3 is 15.5 Å². The van der Waals surface area contributed by atoms with Crippen molar-refractivity contribution in [1.82, 2.24) is 4.90 Å². The van der Waals surface area contributed by atoms with Gasteiger partial charge in [0, 0.05) is 36.4 Å². The Kier molecular flexibility index (Phi) is 6.36. The third-order valence-electron chi connectivity index (χ3n) is 5.22. The molecule has 2 aliphatic heterocycles. The quantitative estimate of drug-likeness (QED) is 0.746. The van der Waals surface area contributed by atoms with Gasteiger partial charge in [0.2, 0.25) is 5.91 Å². The third-order valence-corrected chi connectivity index (χ3v) is 6.43. The predicted molar refractivity (Wildman–Crippen MR) is 123 cm³/mol. The van der Waals surface area contributed by atoms with E-state index in [1.165, 1.54) is 11.8 Å². The van der Waals surface area contributed by atoms with Crippen molar-refractivity contribution < 1.29 is 14.4 Å². The van der Waals surface area contributed by atoms with Crippen LogP contribution >= 0.6 is 11.8 Å². The second-order valence-corrected chi connectivity index (χ2v) is 8.85. The fourth-order valence-corrected chi connectivity index (χ4v) is 4.60. The molecule has 3 amide bonds. The molecule has 0 aliphatic carbocycles. The fourth-order valence-electron chi connectivity index (χ4n) is 3.48. The largest absolute Gasteiger partial charge is 0.351 e. The van der Waals surface area contributed by atoms with Crippen molar-refractivity contribution in [3.05, 3.63) is 59.7 Å². The molecule has 0 aromatic heterocycles. The first kappa shape index (κ1) is 21.1. The number of nitrogens with one attached hydrogen (secondary N) is 2. The Labute approximate surface area is 185 Å². The first-order valence-electron chi connectivity index (χ1n) is 10.3. The van der Waals surface area contributed by atoms with Gasteiger partial charge in [0.1, 0.15) is 5.25 Å². The number of carbonyl (C=O) groups excluding carboxylic acids is 3. The summed E-state index contributed by atoms with van der Waals surface area (Å²) in [7, 11) is 0. The Bertz CT molecular complexity index is 1010. The molecule has 0 unspecified atom stereocenters. The van der Waals surface area contributed by atoms with Crippen molar-refractivity contribution in [2.45, 2.75) is 31.4 Å². The van der Waals surface area contributed by atoms with Crippen molar-refractivity contribution in [2.75, 3.05) is 23.7 Å². The molecule has 1 atom stereocenters. The van der Waals surface area contributed by atoms with Crippen LogP contribution in [0.3, 0.4) is 0 Å². The molecular weight excluding hydrogens is 412 g/mol. The summed E-state index contributed by atoms with van der Waals surface area (Å²) >= 11 is 1.38. The van der Waals surface area contributed by atoms with Gasteiger partial charge in [-0.2, -0.15) is 4.99 Å². The molecule has 1 saturated heterocycles. The molecule has 2 aromatic carbocycles. The van der Waals surface area contributed by atoms with E-state index in [0.717, 1.165) is 42.3 Å². The van der Waals surface area contributed by atoms with E-state index in [1.807, 2.05) is 31.2 Å². The van der Waals surface area contributed by atoms with Crippen LogP contribution in [0.5, 0.6) is 0 Å². The highest BCUT2D eigenvalue weighted by molar-refractivity contribution is 8.15. The maximum atomic E-state index is 12.4. The molecular formula is C23H24N4O3S. The number of nitrogens with zero attached hydrogens (tertiary/aromatic N) is 2. The SMILES string of the molecule is Cc1ccc(NC(=O)c2ccc(NC(=O)C[C@@H]3SC(N4CCCC4)=NC3=O)cc2)cc1. The molecule has 2 heterocycles. The molecule has 0 saturated carbocycles. The molecule has 7 nitrogen and oxygen atoms in total. The molecule has 31 heavy (non-hydrogen) atoms. The lowest BCUT2D eigenvalue weighted by Crippen LogP contribution is -2.25. The van der Waals surface area contributed by atoms with Crippen LogP contribution in [0.15, 0.2) is 53.5 Å². The Morgan fingerprint density at radius 1 is 1.00 bits per heavy atom. The van der Waals surface area contributed by atoms with E-state index in [0.29, 0.717) is 11.3 Å². The summed E-state index contributed by atoms with van der Waals surface area (Å²) in [5, 5.41) is 5.90. The van der Waals surface area contributed by atoms with Crippen molar-refractivity contribution in [3.63, 3.8) is 0 Å². The molecule has 0 bridgehead atoms. The van der Waals surface area contributed by atoms with Gasteiger partial charge in [-0.25, -0.2) is 0 Å². The molecule has 2 N–H and O–H groups in total. The zero-order valence-electron chi connectivity index (χ0n) is 17.3. The van der Waals surface area contributed by atoms with Gasteiger partial charge in [-0.3, -0.25) is 14.4 Å². The van der Waals surface area contributed by atoms with Gasteiger partial charge in [0.05, 0.1) is 0 Å². The number of benzene rings is 2. The monoisotopic (exact) mass is 436 g/mol. The molecule has 0 spiro atoms. The Balaban J connectivity index is 1.28. The average Bonchev–Trinajstić information content (AvgIpc) is 3.40. The highest BCUT2D eigenvalue weighted by Crippen LogP contribution is 2.29. The molecule has 160 valence electrons. The fraction of sp³-hybridized carbons (Fsp3) is 0.304. The predicted octanol–water partition coefficient (Wildman–Crippen LogP) is 3.67. The van der Waals surface area contributed by atoms with Gasteiger partial charge in [-0.15, -0.1) is 0 Å². The zero-order chi connectivity index (χ0) is 21.8. The van der Waals surface area contributed by atoms with Crippen LogP contribution in [-0.4, -0.2) is 46.1 Å². The van der Waals surface area contributed by atoms with E-state index < -0.39 is 5.25 Å². The lowest BCUT2D eigenvalue weighted by atomic mass is 10.1. The number of thioether (sulfide) groups is 1. The number of anilines is 2. The second-order valence-electron chi connectivity index (χ2n) is 7.68. The Morgan fingerprint density at radius 3 is 2.29 bits per heavy atom. The van der Waals surface area contributed by atoms with Gasteiger partial charge in [0.25, 0.3) is 11.8 Å². The first-order chi connectivity index (χ1) is 15.0. The summed E-state index contributed by atoms with van der Waals surface area (Å²) in [6, 6.07) is 14.2. The summed E-state index contributed by atoms with van der Waals surface area (Å²) in [6.07, 6.45) is 2.29. The van der Waals surface area contributed by atoms with Gasteiger partial charge >= 0.3 is 0 Å². The van der Waals surface area contributed by atoms with E-state index in [2.05, 4.69) is 20.5 Å². The number of hydrogen-bond donors (Lipinski definition) is 2. The van der Waals surface area contributed by atoms with E-state index >= 15 is 0 Å². The standard InChI is InChI=1S/C23H24N4O3S/c1-15-4-8-18(9-5-15)25-21(29)16-6-10-17(11-7-16)24-20(28)14-19-22(30)26-23(31-19)27-12-2-3-13-27/h4-11,19H,2-3,12-14H2,1H3,(H,24,28)(H,25,29)/t19-/m0/s1. The number of carbonyl (C=O) groups is 3. The topological polar surface area (TPSA) is 90.9 Å². The summed E-state index contributed by atoms with van der Waals surface area (Å²) in [4.78, 5) is 43.2. The van der Waals surface area contributed by atoms with Crippen LogP contribution in [0.25, 0.3) is 0 Å². The number of hydrogen-bond acceptors (Lipinski definition) is 5. The highest BCUT2D eigenvalue weighted by atomic mass is 32.2. The minimum Gasteiger partial charge on any atom is -0.351 e. The molecule has 0 radical (unpaired) electrons. The summed E-state index contributed by atoms with van der Waals surface area (Å²) < 4.78 is 0.